The number of amides is 2. The number of benzene rings is 1. The van der Waals surface area contributed by atoms with Crippen LogP contribution in [0.5, 0.6) is 0 Å². The highest BCUT2D eigenvalue weighted by Crippen LogP contribution is 2.16. The number of carbonyl (C=O) groups excluding carboxylic acids is 2. The highest BCUT2D eigenvalue weighted by atomic mass is 32.2. The maximum atomic E-state index is 12.9. The molecule has 150 valence electrons. The highest BCUT2D eigenvalue weighted by Gasteiger charge is 2.23. The topological polar surface area (TPSA) is 83.4 Å². The first-order valence-electron chi connectivity index (χ1n) is 9.11. The van der Waals surface area contributed by atoms with Crippen LogP contribution in [0.1, 0.15) is 6.92 Å². The second kappa shape index (κ2) is 9.65. The zero-order valence-electron chi connectivity index (χ0n) is 15.7. The number of thioether (sulfide) groups is 1. The zero-order valence-corrected chi connectivity index (χ0v) is 16.5. The Balaban J connectivity index is 1.39. The first kappa shape index (κ1) is 20.3. The lowest BCUT2D eigenvalue weighted by molar-refractivity contribution is -0.130. The van der Waals surface area contributed by atoms with Gasteiger partial charge in [-0.15, -0.1) is 10.2 Å². The number of hydrogen-bond donors (Lipinski definition) is 1. The van der Waals surface area contributed by atoms with Crippen LogP contribution in [0.15, 0.2) is 35.7 Å². The van der Waals surface area contributed by atoms with E-state index in [-0.39, 0.29) is 24.2 Å². The number of rotatable bonds is 7. The van der Waals surface area contributed by atoms with Crippen molar-refractivity contribution in [1.82, 2.24) is 24.6 Å². The molecule has 1 fully saturated rings. The minimum Gasteiger partial charge on any atom is -0.339 e. The summed E-state index contributed by atoms with van der Waals surface area (Å²) in [6.45, 7) is 5.46. The monoisotopic (exact) mass is 406 g/mol. The van der Waals surface area contributed by atoms with Crippen LogP contribution >= 0.6 is 11.8 Å². The number of halogens is 1. The lowest BCUT2D eigenvalue weighted by Gasteiger charge is -2.34. The van der Waals surface area contributed by atoms with E-state index in [4.69, 9.17) is 0 Å². The van der Waals surface area contributed by atoms with E-state index in [9.17, 15) is 14.0 Å². The SMILES string of the molecule is CCn1cnnc1SCC(=O)N1CCN(CC(=O)Nc2ccc(F)cc2)CC1. The summed E-state index contributed by atoms with van der Waals surface area (Å²) in [5.74, 6) is -0.109. The molecule has 1 N–H and O–H groups in total. The number of aryl methyl sites for hydroxylation is 1. The molecule has 1 aromatic carbocycles. The van der Waals surface area contributed by atoms with Crippen molar-refractivity contribution >= 4 is 29.3 Å². The summed E-state index contributed by atoms with van der Waals surface area (Å²) in [5, 5.41) is 11.4. The predicted octanol–water partition coefficient (Wildman–Crippen LogP) is 1.31. The molecular weight excluding hydrogens is 383 g/mol. The van der Waals surface area contributed by atoms with E-state index in [0.717, 1.165) is 11.7 Å². The molecular formula is C18H23FN6O2S. The molecule has 8 nitrogen and oxygen atoms in total. The fourth-order valence-electron chi connectivity index (χ4n) is 2.88. The van der Waals surface area contributed by atoms with E-state index in [1.165, 1.54) is 36.0 Å². The first-order valence-corrected chi connectivity index (χ1v) is 10.1. The maximum Gasteiger partial charge on any atom is 0.238 e. The molecule has 10 heteroatoms. The van der Waals surface area contributed by atoms with Gasteiger partial charge in [0.1, 0.15) is 12.1 Å². The quantitative estimate of drug-likeness (QED) is 0.698. The lowest BCUT2D eigenvalue weighted by Crippen LogP contribution is -2.50. The maximum absolute atomic E-state index is 12.9. The lowest BCUT2D eigenvalue weighted by atomic mass is 10.3. The van der Waals surface area contributed by atoms with Crippen LogP contribution in [-0.2, 0) is 16.1 Å². The minimum atomic E-state index is -0.341. The summed E-state index contributed by atoms with van der Waals surface area (Å²) in [6.07, 6.45) is 1.66. The summed E-state index contributed by atoms with van der Waals surface area (Å²) >= 11 is 1.39. The molecule has 0 unspecified atom stereocenters. The van der Waals surface area contributed by atoms with Gasteiger partial charge >= 0.3 is 0 Å². The van der Waals surface area contributed by atoms with E-state index < -0.39 is 0 Å². The van der Waals surface area contributed by atoms with Crippen molar-refractivity contribution in [1.29, 1.82) is 0 Å². The molecule has 28 heavy (non-hydrogen) atoms. The number of hydrogen-bond acceptors (Lipinski definition) is 6. The summed E-state index contributed by atoms with van der Waals surface area (Å²) in [7, 11) is 0. The standard InChI is InChI=1S/C18H23FN6O2S/c1-2-24-13-20-22-18(24)28-12-17(27)25-9-7-23(8-10-25)11-16(26)21-15-5-3-14(19)4-6-15/h3-6,13H,2,7-12H2,1H3,(H,21,26). The number of anilines is 1. The first-order chi connectivity index (χ1) is 13.5. The fraction of sp³-hybridized carbons (Fsp3) is 0.444. The Morgan fingerprint density at radius 1 is 1.18 bits per heavy atom. The molecule has 0 saturated carbocycles. The van der Waals surface area contributed by atoms with Gasteiger partial charge in [-0.1, -0.05) is 11.8 Å². The Morgan fingerprint density at radius 3 is 2.57 bits per heavy atom. The average molecular weight is 406 g/mol. The Hall–Kier alpha value is -2.46. The fourth-order valence-corrected chi connectivity index (χ4v) is 3.76. The normalized spacial score (nSPS) is 14.9. The van der Waals surface area contributed by atoms with Crippen LogP contribution in [0.3, 0.4) is 0 Å². The third-order valence-corrected chi connectivity index (χ3v) is 5.43. The van der Waals surface area contributed by atoms with E-state index >= 15 is 0 Å². The van der Waals surface area contributed by atoms with Gasteiger partial charge in [0.15, 0.2) is 5.16 Å². The van der Waals surface area contributed by atoms with E-state index in [1.54, 1.807) is 6.33 Å². The van der Waals surface area contributed by atoms with Gasteiger partial charge in [-0.3, -0.25) is 14.5 Å². The van der Waals surface area contributed by atoms with Crippen LogP contribution in [-0.4, -0.2) is 74.9 Å². The molecule has 1 aliphatic heterocycles. The van der Waals surface area contributed by atoms with Gasteiger partial charge in [-0.25, -0.2) is 4.39 Å². The largest absolute Gasteiger partial charge is 0.339 e. The van der Waals surface area contributed by atoms with Crippen LogP contribution in [0.4, 0.5) is 10.1 Å². The molecule has 0 radical (unpaired) electrons. The van der Waals surface area contributed by atoms with Crippen molar-refractivity contribution in [2.75, 3.05) is 43.8 Å². The predicted molar refractivity (Wildman–Crippen MR) is 104 cm³/mol. The Bertz CT molecular complexity index is 805. The summed E-state index contributed by atoms with van der Waals surface area (Å²) in [4.78, 5) is 28.4. The summed E-state index contributed by atoms with van der Waals surface area (Å²) in [5.41, 5.74) is 0.567. The molecule has 0 atom stereocenters. The van der Waals surface area contributed by atoms with Crippen molar-refractivity contribution in [3.05, 3.63) is 36.4 Å². The molecule has 0 spiro atoms. The Morgan fingerprint density at radius 2 is 1.89 bits per heavy atom. The van der Waals surface area contributed by atoms with Crippen molar-refractivity contribution in [2.45, 2.75) is 18.6 Å². The zero-order chi connectivity index (χ0) is 19.9. The molecule has 1 aromatic heterocycles. The van der Waals surface area contributed by atoms with Crippen LogP contribution in [0.2, 0.25) is 0 Å². The molecule has 2 aromatic rings. The summed E-state index contributed by atoms with van der Waals surface area (Å²) < 4.78 is 14.8. The van der Waals surface area contributed by atoms with Gasteiger partial charge in [0.25, 0.3) is 0 Å². The molecule has 0 bridgehead atoms. The van der Waals surface area contributed by atoms with E-state index in [1.807, 2.05) is 21.3 Å². The van der Waals surface area contributed by atoms with Crippen LogP contribution in [0.25, 0.3) is 0 Å². The molecule has 2 heterocycles. The third-order valence-electron chi connectivity index (χ3n) is 4.47. The molecule has 1 saturated heterocycles. The van der Waals surface area contributed by atoms with Gasteiger partial charge in [0.05, 0.1) is 12.3 Å². The molecule has 3 rings (SSSR count). The van der Waals surface area contributed by atoms with Gasteiger partial charge in [-0.05, 0) is 31.2 Å². The van der Waals surface area contributed by atoms with Gasteiger partial charge < -0.3 is 14.8 Å². The smallest absolute Gasteiger partial charge is 0.238 e. The number of nitrogens with one attached hydrogen (secondary N) is 1. The van der Waals surface area contributed by atoms with Gasteiger partial charge in [0.2, 0.25) is 11.8 Å². The highest BCUT2D eigenvalue weighted by molar-refractivity contribution is 7.99. The van der Waals surface area contributed by atoms with Crippen LogP contribution < -0.4 is 5.32 Å². The Kier molecular flexibility index (Phi) is 6.99. The summed E-state index contributed by atoms with van der Waals surface area (Å²) in [6, 6.07) is 5.67. The third kappa shape index (κ3) is 5.52. The second-order valence-corrected chi connectivity index (χ2v) is 7.34. The van der Waals surface area contributed by atoms with Crippen molar-refractivity contribution in [2.24, 2.45) is 0 Å². The van der Waals surface area contributed by atoms with Gasteiger partial charge in [-0.2, -0.15) is 0 Å². The average Bonchev–Trinajstić information content (AvgIpc) is 3.16. The van der Waals surface area contributed by atoms with E-state index in [0.29, 0.717) is 37.6 Å². The second-order valence-electron chi connectivity index (χ2n) is 6.40. The number of carbonyl (C=O) groups is 2. The molecule has 0 aliphatic carbocycles. The van der Waals surface area contributed by atoms with Crippen LogP contribution in [0, 0.1) is 5.82 Å². The van der Waals surface area contributed by atoms with Crippen molar-refractivity contribution in [3.63, 3.8) is 0 Å². The van der Waals surface area contributed by atoms with Crippen molar-refractivity contribution in [3.8, 4) is 0 Å². The number of nitrogens with zero attached hydrogens (tertiary/aromatic N) is 5. The molecule has 1 aliphatic rings. The van der Waals surface area contributed by atoms with E-state index in [2.05, 4.69) is 15.5 Å². The number of aromatic nitrogens is 3. The number of piperazine rings is 1. The van der Waals surface area contributed by atoms with Gasteiger partial charge in [0, 0.05) is 38.4 Å². The molecule has 2 amide bonds. The Labute approximate surface area is 167 Å². The minimum absolute atomic E-state index is 0.0612. The van der Waals surface area contributed by atoms with Crippen molar-refractivity contribution < 1.29 is 14.0 Å².